The monoisotopic (exact) mass is 484 g/mol. The minimum Gasteiger partial charge on any atom is -0.453 e. The average Bonchev–Trinajstić information content (AvgIpc) is 3.21. The van der Waals surface area contributed by atoms with Crippen LogP contribution in [0.1, 0.15) is 33.5 Å². The van der Waals surface area contributed by atoms with Crippen LogP contribution in [0.2, 0.25) is 5.02 Å². The number of ether oxygens (including phenoxy) is 1. The quantitative estimate of drug-likeness (QED) is 0.456. The molecule has 0 atom stereocenters. The second-order valence-electron chi connectivity index (χ2n) is 7.30. The summed E-state index contributed by atoms with van der Waals surface area (Å²) in [6.45, 7) is 0. The second kappa shape index (κ2) is 8.51. The molecule has 11 heteroatoms. The van der Waals surface area contributed by atoms with E-state index in [1.807, 2.05) is 0 Å². The number of aromatic nitrogens is 1. The fourth-order valence-corrected chi connectivity index (χ4v) is 3.91. The number of hydrogen-bond donors (Lipinski definition) is 2. The molecule has 1 aromatic heterocycles. The fraction of sp³-hybridized carbons (Fsp3) is 0.182. The number of carbonyl (C=O) groups is 1. The molecule has 5 nitrogen and oxygen atoms in total. The summed E-state index contributed by atoms with van der Waals surface area (Å²) in [7, 11) is 0. The normalized spacial score (nSPS) is 13.0. The lowest BCUT2D eigenvalue weighted by Crippen LogP contribution is -2.17. The van der Waals surface area contributed by atoms with Crippen LogP contribution in [0.4, 0.5) is 27.6 Å². The molecule has 4 rings (SSSR count). The van der Waals surface area contributed by atoms with E-state index in [2.05, 4.69) is 10.3 Å². The van der Waals surface area contributed by atoms with Crippen LogP contribution in [0.3, 0.4) is 0 Å². The highest BCUT2D eigenvalue weighted by atomic mass is 35.5. The van der Waals surface area contributed by atoms with Gasteiger partial charge in [-0.2, -0.15) is 13.2 Å². The van der Waals surface area contributed by atoms with Gasteiger partial charge >= 0.3 is 6.18 Å². The Kier molecular flexibility index (Phi) is 5.87. The zero-order valence-corrected chi connectivity index (χ0v) is 17.3. The van der Waals surface area contributed by atoms with Crippen LogP contribution in [0.25, 0.3) is 0 Å². The van der Waals surface area contributed by atoms with Crippen LogP contribution in [0.5, 0.6) is 11.5 Å². The van der Waals surface area contributed by atoms with Crippen molar-refractivity contribution in [3.8, 4) is 11.5 Å². The van der Waals surface area contributed by atoms with Gasteiger partial charge in [-0.25, -0.2) is 8.78 Å². The lowest BCUT2D eigenvalue weighted by molar-refractivity contribution is -0.137. The number of carbonyl (C=O) groups excluding carboxylic acids is 1. The number of alkyl halides is 3. The Labute approximate surface area is 188 Å². The molecule has 1 aliphatic rings. The number of benzene rings is 2. The number of anilines is 1. The van der Waals surface area contributed by atoms with Crippen molar-refractivity contribution in [1.29, 1.82) is 0 Å². The molecule has 33 heavy (non-hydrogen) atoms. The first kappa shape index (κ1) is 22.8. The number of rotatable bonds is 4. The van der Waals surface area contributed by atoms with E-state index in [4.69, 9.17) is 16.3 Å². The lowest BCUT2D eigenvalue weighted by atomic mass is 10.1. The zero-order chi connectivity index (χ0) is 23.9. The van der Waals surface area contributed by atoms with E-state index in [9.17, 15) is 31.5 Å². The summed E-state index contributed by atoms with van der Waals surface area (Å²) >= 11 is 5.77. The largest absolute Gasteiger partial charge is 0.453 e. The number of fused-ring (bicyclic) bond motifs is 1. The summed E-state index contributed by atoms with van der Waals surface area (Å²) in [4.78, 5) is 26.6. The molecule has 2 N–H and O–H groups in total. The van der Waals surface area contributed by atoms with Crippen molar-refractivity contribution in [2.24, 2.45) is 0 Å². The Morgan fingerprint density at radius 3 is 2.48 bits per heavy atom. The highest BCUT2D eigenvalue weighted by Gasteiger charge is 2.36. The number of halogens is 6. The maximum atomic E-state index is 14.6. The maximum Gasteiger partial charge on any atom is 0.417 e. The fourth-order valence-electron chi connectivity index (χ4n) is 3.64. The van der Waals surface area contributed by atoms with E-state index in [0.29, 0.717) is 25.0 Å². The molecule has 172 valence electrons. The lowest BCUT2D eigenvalue weighted by Gasteiger charge is -2.18. The molecule has 1 heterocycles. The highest BCUT2D eigenvalue weighted by molar-refractivity contribution is 6.32. The van der Waals surface area contributed by atoms with E-state index < -0.39 is 56.9 Å². The minimum absolute atomic E-state index is 0.0552. The van der Waals surface area contributed by atoms with Crippen LogP contribution in [-0.2, 0) is 19.0 Å². The molecule has 0 radical (unpaired) electrons. The Hall–Kier alpha value is -3.40. The smallest absolute Gasteiger partial charge is 0.417 e. The third-order valence-electron chi connectivity index (χ3n) is 5.11. The predicted molar refractivity (Wildman–Crippen MR) is 110 cm³/mol. The van der Waals surface area contributed by atoms with Crippen molar-refractivity contribution in [2.45, 2.75) is 25.4 Å². The Morgan fingerprint density at radius 1 is 1.06 bits per heavy atom. The Morgan fingerprint density at radius 2 is 1.79 bits per heavy atom. The molecular weight excluding hydrogens is 471 g/mol. The van der Waals surface area contributed by atoms with Crippen molar-refractivity contribution in [3.05, 3.63) is 85.8 Å². The summed E-state index contributed by atoms with van der Waals surface area (Å²) in [6.07, 6.45) is -2.54. The number of pyridine rings is 1. The Balaban J connectivity index is 1.82. The highest BCUT2D eigenvalue weighted by Crippen LogP contribution is 2.42. The first-order valence-electron chi connectivity index (χ1n) is 9.63. The second-order valence-corrected chi connectivity index (χ2v) is 7.71. The van der Waals surface area contributed by atoms with Crippen LogP contribution >= 0.6 is 11.6 Å². The van der Waals surface area contributed by atoms with E-state index in [1.54, 1.807) is 0 Å². The number of H-pyrrole nitrogens is 1. The van der Waals surface area contributed by atoms with Crippen LogP contribution in [-0.4, -0.2) is 10.9 Å². The minimum atomic E-state index is -4.89. The van der Waals surface area contributed by atoms with Gasteiger partial charge < -0.3 is 15.0 Å². The summed E-state index contributed by atoms with van der Waals surface area (Å²) in [5.74, 6) is -3.92. The van der Waals surface area contributed by atoms with E-state index >= 15 is 0 Å². The van der Waals surface area contributed by atoms with Gasteiger partial charge in [0.25, 0.3) is 5.91 Å². The first-order valence-corrected chi connectivity index (χ1v) is 10.0. The molecule has 3 aromatic rings. The standard InChI is InChI=1S/C22H14ClF5N2O3/c23-15-7-13(21(32)30-10-4-5-29-19(31)6-10)18(8-14(15)22(26,27)28)33-20-12-3-1-2-11(12)16(24)9-17(20)25/h4-9H,1-3H2,(H2,29,30,31,32). The number of amides is 1. The summed E-state index contributed by atoms with van der Waals surface area (Å²) in [5.41, 5.74) is -1.81. The van der Waals surface area contributed by atoms with Crippen LogP contribution in [0.15, 0.2) is 41.3 Å². The van der Waals surface area contributed by atoms with Crippen LogP contribution in [0, 0.1) is 11.6 Å². The van der Waals surface area contributed by atoms with E-state index in [0.717, 1.165) is 12.1 Å². The molecule has 0 saturated heterocycles. The molecule has 0 saturated carbocycles. The third-order valence-corrected chi connectivity index (χ3v) is 5.43. The molecule has 0 fully saturated rings. The van der Waals surface area contributed by atoms with Gasteiger partial charge in [-0.1, -0.05) is 11.6 Å². The molecule has 0 unspecified atom stereocenters. The first-order chi connectivity index (χ1) is 15.5. The molecule has 2 aromatic carbocycles. The van der Waals surface area contributed by atoms with Gasteiger partial charge in [-0.05, 0) is 43.0 Å². The van der Waals surface area contributed by atoms with E-state index in [-0.39, 0.29) is 23.2 Å². The van der Waals surface area contributed by atoms with Gasteiger partial charge in [-0.15, -0.1) is 0 Å². The summed E-state index contributed by atoms with van der Waals surface area (Å²) in [6, 6.07) is 4.22. The SMILES string of the molecule is O=C(Nc1cc[nH]c(=O)c1)c1cc(Cl)c(C(F)(F)F)cc1Oc1c(F)cc(F)c2c1CCC2. The summed E-state index contributed by atoms with van der Waals surface area (Å²) in [5, 5.41) is 1.57. The van der Waals surface area contributed by atoms with Crippen molar-refractivity contribution < 1.29 is 31.5 Å². The predicted octanol–water partition coefficient (Wildman–Crippen LogP) is 5.86. The molecule has 0 bridgehead atoms. The average molecular weight is 485 g/mol. The van der Waals surface area contributed by atoms with Crippen molar-refractivity contribution >= 4 is 23.2 Å². The van der Waals surface area contributed by atoms with Crippen LogP contribution < -0.4 is 15.6 Å². The van der Waals surface area contributed by atoms with Gasteiger partial charge in [0.15, 0.2) is 11.6 Å². The number of aromatic amines is 1. The van der Waals surface area contributed by atoms with Crippen molar-refractivity contribution in [3.63, 3.8) is 0 Å². The van der Waals surface area contributed by atoms with Gasteiger partial charge in [0, 0.05) is 29.6 Å². The van der Waals surface area contributed by atoms with Gasteiger partial charge in [0.1, 0.15) is 11.6 Å². The molecule has 0 aliphatic heterocycles. The maximum absolute atomic E-state index is 14.6. The molecule has 1 aliphatic carbocycles. The van der Waals surface area contributed by atoms with Gasteiger partial charge in [-0.3, -0.25) is 9.59 Å². The Bertz CT molecular complexity index is 1320. The summed E-state index contributed by atoms with van der Waals surface area (Å²) < 4.78 is 74.5. The van der Waals surface area contributed by atoms with Gasteiger partial charge in [0.2, 0.25) is 5.56 Å². The zero-order valence-electron chi connectivity index (χ0n) is 16.6. The molecule has 0 spiro atoms. The topological polar surface area (TPSA) is 71.2 Å². The van der Waals surface area contributed by atoms with E-state index in [1.165, 1.54) is 12.3 Å². The third kappa shape index (κ3) is 4.56. The number of nitrogens with one attached hydrogen (secondary N) is 2. The molecular formula is C22H14ClF5N2O3. The van der Waals surface area contributed by atoms with Crippen molar-refractivity contribution in [1.82, 2.24) is 4.98 Å². The van der Waals surface area contributed by atoms with Crippen molar-refractivity contribution in [2.75, 3.05) is 5.32 Å². The van der Waals surface area contributed by atoms with Gasteiger partial charge in [0.05, 0.1) is 16.1 Å². The molecule has 1 amide bonds. The number of hydrogen-bond acceptors (Lipinski definition) is 3.